The fourth-order valence-corrected chi connectivity index (χ4v) is 2.45. The molecule has 1 amide bonds. The SMILES string of the molecule is Cc1ccc(CNC(=O)CSc2ccc(Br)cn2)cc1. The van der Waals surface area contributed by atoms with Gasteiger partial charge >= 0.3 is 0 Å². The Labute approximate surface area is 131 Å². The molecule has 2 aromatic rings. The molecule has 1 N–H and O–H groups in total. The van der Waals surface area contributed by atoms with Crippen LogP contribution in [0.3, 0.4) is 0 Å². The van der Waals surface area contributed by atoms with Crippen LogP contribution in [0.5, 0.6) is 0 Å². The number of benzene rings is 1. The molecule has 0 atom stereocenters. The van der Waals surface area contributed by atoms with Crippen LogP contribution in [0.15, 0.2) is 52.1 Å². The van der Waals surface area contributed by atoms with E-state index in [-0.39, 0.29) is 5.91 Å². The van der Waals surface area contributed by atoms with Crippen molar-refractivity contribution in [3.8, 4) is 0 Å². The molecular weight excluding hydrogens is 336 g/mol. The predicted molar refractivity (Wildman–Crippen MR) is 85.7 cm³/mol. The monoisotopic (exact) mass is 350 g/mol. The van der Waals surface area contributed by atoms with Gasteiger partial charge in [-0.15, -0.1) is 0 Å². The van der Waals surface area contributed by atoms with Gasteiger partial charge in [0.1, 0.15) is 0 Å². The summed E-state index contributed by atoms with van der Waals surface area (Å²) in [4.78, 5) is 16.0. The maximum absolute atomic E-state index is 11.8. The summed E-state index contributed by atoms with van der Waals surface area (Å²) in [7, 11) is 0. The standard InChI is InChI=1S/C15H15BrN2OS/c1-11-2-4-12(5-3-11)8-17-14(19)10-20-15-7-6-13(16)9-18-15/h2-7,9H,8,10H2,1H3,(H,17,19). The highest BCUT2D eigenvalue weighted by Crippen LogP contribution is 2.17. The summed E-state index contributed by atoms with van der Waals surface area (Å²) in [5.41, 5.74) is 2.33. The highest BCUT2D eigenvalue weighted by molar-refractivity contribution is 9.10. The number of hydrogen-bond acceptors (Lipinski definition) is 3. The summed E-state index contributed by atoms with van der Waals surface area (Å²) in [5.74, 6) is 0.390. The second-order valence-corrected chi connectivity index (χ2v) is 6.28. The average molecular weight is 351 g/mol. The predicted octanol–water partition coefficient (Wildman–Crippen LogP) is 3.56. The number of aryl methyl sites for hydroxylation is 1. The van der Waals surface area contributed by atoms with E-state index in [9.17, 15) is 4.79 Å². The molecule has 0 aliphatic carbocycles. The number of rotatable bonds is 5. The van der Waals surface area contributed by atoms with Gasteiger partial charge in [-0.1, -0.05) is 41.6 Å². The van der Waals surface area contributed by atoms with Crippen molar-refractivity contribution in [1.82, 2.24) is 10.3 Å². The Morgan fingerprint density at radius 2 is 2.00 bits per heavy atom. The van der Waals surface area contributed by atoms with E-state index < -0.39 is 0 Å². The molecule has 104 valence electrons. The molecule has 0 radical (unpaired) electrons. The Balaban J connectivity index is 1.75. The first-order valence-corrected chi connectivity index (χ1v) is 7.98. The Bertz CT molecular complexity index is 518. The zero-order chi connectivity index (χ0) is 14.4. The number of nitrogens with zero attached hydrogens (tertiary/aromatic N) is 1. The number of pyridine rings is 1. The van der Waals surface area contributed by atoms with E-state index in [1.807, 2.05) is 43.3 Å². The lowest BCUT2D eigenvalue weighted by atomic mass is 10.1. The molecule has 5 heteroatoms. The number of thioether (sulfide) groups is 1. The van der Waals surface area contributed by atoms with Crippen LogP contribution in [0.1, 0.15) is 11.1 Å². The number of hydrogen-bond donors (Lipinski definition) is 1. The normalized spacial score (nSPS) is 10.3. The van der Waals surface area contributed by atoms with Gasteiger partial charge in [0.15, 0.2) is 0 Å². The van der Waals surface area contributed by atoms with E-state index >= 15 is 0 Å². The van der Waals surface area contributed by atoms with Crippen LogP contribution in [-0.2, 0) is 11.3 Å². The van der Waals surface area contributed by atoms with Crippen molar-refractivity contribution in [1.29, 1.82) is 0 Å². The van der Waals surface area contributed by atoms with Gasteiger partial charge in [0.25, 0.3) is 0 Å². The summed E-state index contributed by atoms with van der Waals surface area (Å²) in [6.07, 6.45) is 1.73. The lowest BCUT2D eigenvalue weighted by molar-refractivity contribution is -0.118. The summed E-state index contributed by atoms with van der Waals surface area (Å²) >= 11 is 4.76. The molecule has 0 fully saturated rings. The molecule has 0 spiro atoms. The van der Waals surface area contributed by atoms with Gasteiger partial charge in [-0.2, -0.15) is 0 Å². The van der Waals surface area contributed by atoms with Gasteiger partial charge < -0.3 is 5.32 Å². The maximum atomic E-state index is 11.8. The van der Waals surface area contributed by atoms with Crippen LogP contribution >= 0.6 is 27.7 Å². The van der Waals surface area contributed by atoms with Crippen molar-refractivity contribution in [2.75, 3.05) is 5.75 Å². The van der Waals surface area contributed by atoms with Crippen molar-refractivity contribution in [3.05, 3.63) is 58.2 Å². The largest absolute Gasteiger partial charge is 0.351 e. The fraction of sp³-hybridized carbons (Fsp3) is 0.200. The first kappa shape index (κ1) is 15.1. The van der Waals surface area contributed by atoms with Crippen molar-refractivity contribution < 1.29 is 4.79 Å². The number of halogens is 1. The molecule has 0 bridgehead atoms. The third kappa shape index (κ3) is 4.98. The van der Waals surface area contributed by atoms with Gasteiger partial charge in [-0.05, 0) is 40.5 Å². The number of amides is 1. The molecule has 1 aromatic heterocycles. The molecule has 0 saturated heterocycles. The smallest absolute Gasteiger partial charge is 0.230 e. The number of aromatic nitrogens is 1. The van der Waals surface area contributed by atoms with Crippen LogP contribution in [-0.4, -0.2) is 16.6 Å². The minimum atomic E-state index is 0.0142. The van der Waals surface area contributed by atoms with E-state index in [0.29, 0.717) is 12.3 Å². The van der Waals surface area contributed by atoms with Gasteiger partial charge in [-0.3, -0.25) is 4.79 Å². The zero-order valence-electron chi connectivity index (χ0n) is 11.1. The highest BCUT2D eigenvalue weighted by Gasteiger charge is 2.03. The topological polar surface area (TPSA) is 42.0 Å². The van der Waals surface area contributed by atoms with Crippen LogP contribution < -0.4 is 5.32 Å². The number of carbonyl (C=O) groups is 1. The Hall–Kier alpha value is -1.33. The van der Waals surface area contributed by atoms with Crippen molar-refractivity contribution in [3.63, 3.8) is 0 Å². The molecule has 2 rings (SSSR count). The second-order valence-electron chi connectivity index (χ2n) is 4.37. The Kier molecular flexibility index (Phi) is 5.61. The molecule has 20 heavy (non-hydrogen) atoms. The van der Waals surface area contributed by atoms with Gasteiger partial charge in [0.2, 0.25) is 5.91 Å². The van der Waals surface area contributed by atoms with Crippen molar-refractivity contribution in [2.45, 2.75) is 18.5 Å². The summed E-state index contributed by atoms with van der Waals surface area (Å²) in [6.45, 7) is 2.61. The molecule has 3 nitrogen and oxygen atoms in total. The van der Waals surface area contributed by atoms with Crippen molar-refractivity contribution in [2.24, 2.45) is 0 Å². The number of carbonyl (C=O) groups excluding carboxylic acids is 1. The lowest BCUT2D eigenvalue weighted by Gasteiger charge is -2.05. The van der Waals surface area contributed by atoms with Gasteiger partial charge in [0, 0.05) is 17.2 Å². The first-order valence-electron chi connectivity index (χ1n) is 6.20. The van der Waals surface area contributed by atoms with Crippen LogP contribution in [0.2, 0.25) is 0 Å². The van der Waals surface area contributed by atoms with Gasteiger partial charge in [0.05, 0.1) is 10.8 Å². The third-order valence-corrected chi connectivity index (χ3v) is 4.07. The Morgan fingerprint density at radius 1 is 1.25 bits per heavy atom. The van der Waals surface area contributed by atoms with Crippen LogP contribution in [0.25, 0.3) is 0 Å². The fourth-order valence-electron chi connectivity index (χ4n) is 1.54. The van der Waals surface area contributed by atoms with E-state index in [4.69, 9.17) is 0 Å². The lowest BCUT2D eigenvalue weighted by Crippen LogP contribution is -2.24. The maximum Gasteiger partial charge on any atom is 0.230 e. The molecule has 0 unspecified atom stereocenters. The van der Waals surface area contributed by atoms with E-state index in [2.05, 4.69) is 26.2 Å². The molecule has 0 saturated carbocycles. The summed E-state index contributed by atoms with van der Waals surface area (Å²) in [5, 5.41) is 3.75. The third-order valence-electron chi connectivity index (χ3n) is 2.66. The van der Waals surface area contributed by atoms with E-state index in [1.54, 1.807) is 6.20 Å². The summed E-state index contributed by atoms with van der Waals surface area (Å²) in [6, 6.07) is 11.9. The van der Waals surface area contributed by atoms with Crippen LogP contribution in [0, 0.1) is 6.92 Å². The van der Waals surface area contributed by atoms with Crippen LogP contribution in [0.4, 0.5) is 0 Å². The van der Waals surface area contributed by atoms with Gasteiger partial charge in [-0.25, -0.2) is 4.98 Å². The Morgan fingerprint density at radius 3 is 2.65 bits per heavy atom. The second kappa shape index (κ2) is 7.45. The van der Waals surface area contributed by atoms with E-state index in [0.717, 1.165) is 15.1 Å². The molecular formula is C15H15BrN2OS. The minimum Gasteiger partial charge on any atom is -0.351 e. The van der Waals surface area contributed by atoms with E-state index in [1.165, 1.54) is 17.3 Å². The molecule has 1 aromatic carbocycles. The summed E-state index contributed by atoms with van der Waals surface area (Å²) < 4.78 is 0.936. The average Bonchev–Trinajstić information content (AvgIpc) is 2.46. The molecule has 0 aliphatic heterocycles. The minimum absolute atomic E-state index is 0.0142. The first-order chi connectivity index (χ1) is 9.63. The molecule has 1 heterocycles. The number of nitrogens with one attached hydrogen (secondary N) is 1. The van der Waals surface area contributed by atoms with Crippen molar-refractivity contribution >= 4 is 33.6 Å². The highest BCUT2D eigenvalue weighted by atomic mass is 79.9. The zero-order valence-corrected chi connectivity index (χ0v) is 13.5. The molecule has 0 aliphatic rings. The quantitative estimate of drug-likeness (QED) is 0.838.